The van der Waals surface area contributed by atoms with Gasteiger partial charge in [-0.2, -0.15) is 0 Å². The number of hydrogen-bond acceptors (Lipinski definition) is 4. The van der Waals surface area contributed by atoms with Crippen LogP contribution in [0.5, 0.6) is 0 Å². The van der Waals surface area contributed by atoms with Gasteiger partial charge in [0.15, 0.2) is 0 Å². The first kappa shape index (κ1) is 12.4. The SMILES string of the molecule is O=C(O)c1cccc2c1S(=O)(=O)C=C2CNC1CC1. The van der Waals surface area contributed by atoms with Gasteiger partial charge in [0.25, 0.3) is 0 Å². The summed E-state index contributed by atoms with van der Waals surface area (Å²) in [6.45, 7) is 0.458. The minimum absolute atomic E-state index is 0.0740. The maximum atomic E-state index is 12.1. The monoisotopic (exact) mass is 279 g/mol. The Morgan fingerprint density at radius 3 is 2.74 bits per heavy atom. The Morgan fingerprint density at radius 1 is 1.37 bits per heavy atom. The molecule has 1 aromatic rings. The normalized spacial score (nSPS) is 19.9. The Kier molecular flexibility index (Phi) is 2.72. The molecule has 1 saturated carbocycles. The Balaban J connectivity index is 2.04. The van der Waals surface area contributed by atoms with E-state index in [2.05, 4.69) is 5.32 Å². The van der Waals surface area contributed by atoms with E-state index in [4.69, 9.17) is 5.11 Å². The van der Waals surface area contributed by atoms with E-state index in [1.54, 1.807) is 12.1 Å². The van der Waals surface area contributed by atoms with Crippen LogP contribution in [0.2, 0.25) is 0 Å². The zero-order valence-electron chi connectivity index (χ0n) is 10.1. The number of carboxylic acid groups (broad SMARTS) is 1. The fraction of sp³-hybridized carbons (Fsp3) is 0.308. The molecule has 0 amide bonds. The van der Waals surface area contributed by atoms with Gasteiger partial charge in [-0.1, -0.05) is 12.1 Å². The number of rotatable bonds is 4. The quantitative estimate of drug-likeness (QED) is 0.867. The zero-order chi connectivity index (χ0) is 13.6. The van der Waals surface area contributed by atoms with Gasteiger partial charge in [0.2, 0.25) is 9.84 Å². The van der Waals surface area contributed by atoms with Gasteiger partial charge in [0.05, 0.1) is 10.5 Å². The van der Waals surface area contributed by atoms with Crippen molar-refractivity contribution in [3.05, 3.63) is 34.7 Å². The average molecular weight is 279 g/mol. The highest BCUT2D eigenvalue weighted by molar-refractivity contribution is 7.95. The maximum Gasteiger partial charge on any atom is 0.337 e. The molecule has 0 atom stereocenters. The van der Waals surface area contributed by atoms with E-state index in [1.807, 2.05) is 0 Å². The molecule has 0 aromatic heterocycles. The summed E-state index contributed by atoms with van der Waals surface area (Å²) in [5.74, 6) is -1.22. The van der Waals surface area contributed by atoms with Crippen molar-refractivity contribution in [2.45, 2.75) is 23.8 Å². The molecule has 1 fully saturated rings. The van der Waals surface area contributed by atoms with Gasteiger partial charge in [-0.3, -0.25) is 0 Å². The Bertz CT molecular complexity index is 687. The van der Waals surface area contributed by atoms with Crippen molar-refractivity contribution in [3.63, 3.8) is 0 Å². The average Bonchev–Trinajstić information content (AvgIpc) is 3.13. The van der Waals surface area contributed by atoms with Gasteiger partial charge >= 0.3 is 5.97 Å². The highest BCUT2D eigenvalue weighted by Crippen LogP contribution is 2.36. The number of fused-ring (bicyclic) bond motifs is 1. The van der Waals surface area contributed by atoms with Crippen molar-refractivity contribution in [2.24, 2.45) is 0 Å². The largest absolute Gasteiger partial charge is 0.478 e. The first-order valence-electron chi connectivity index (χ1n) is 6.05. The minimum Gasteiger partial charge on any atom is -0.478 e. The number of carbonyl (C=O) groups is 1. The second kappa shape index (κ2) is 4.18. The molecular formula is C13H13NO4S. The number of carboxylic acids is 1. The Hall–Kier alpha value is -1.66. The predicted molar refractivity (Wildman–Crippen MR) is 69.6 cm³/mol. The van der Waals surface area contributed by atoms with Gasteiger partial charge < -0.3 is 10.4 Å². The van der Waals surface area contributed by atoms with Crippen LogP contribution >= 0.6 is 0 Å². The first-order valence-corrected chi connectivity index (χ1v) is 7.59. The molecular weight excluding hydrogens is 266 g/mol. The van der Waals surface area contributed by atoms with Crippen molar-refractivity contribution < 1.29 is 18.3 Å². The summed E-state index contributed by atoms with van der Waals surface area (Å²) in [6.07, 6.45) is 2.23. The van der Waals surface area contributed by atoms with Crippen molar-refractivity contribution in [2.75, 3.05) is 6.54 Å². The third-order valence-corrected chi connectivity index (χ3v) is 4.94. The second-order valence-corrected chi connectivity index (χ2v) is 6.56. The number of nitrogens with one attached hydrogen (secondary N) is 1. The highest BCUT2D eigenvalue weighted by atomic mass is 32.2. The second-order valence-electron chi connectivity index (χ2n) is 4.83. The molecule has 5 nitrogen and oxygen atoms in total. The Morgan fingerprint density at radius 2 is 2.11 bits per heavy atom. The van der Waals surface area contributed by atoms with Crippen LogP contribution in [0.15, 0.2) is 28.5 Å². The molecule has 3 rings (SSSR count). The summed E-state index contributed by atoms with van der Waals surface area (Å²) < 4.78 is 24.2. The van der Waals surface area contributed by atoms with E-state index in [0.717, 1.165) is 12.8 Å². The summed E-state index contributed by atoms with van der Waals surface area (Å²) in [6, 6.07) is 5.03. The topological polar surface area (TPSA) is 83.5 Å². The van der Waals surface area contributed by atoms with Gasteiger partial charge in [-0.15, -0.1) is 0 Å². The smallest absolute Gasteiger partial charge is 0.337 e. The third kappa shape index (κ3) is 2.17. The lowest BCUT2D eigenvalue weighted by Gasteiger charge is -2.07. The molecule has 1 aliphatic heterocycles. The van der Waals surface area contributed by atoms with Crippen LogP contribution < -0.4 is 5.32 Å². The lowest BCUT2D eigenvalue weighted by atomic mass is 10.0. The molecule has 0 spiro atoms. The highest BCUT2D eigenvalue weighted by Gasteiger charge is 2.32. The van der Waals surface area contributed by atoms with Crippen LogP contribution in [-0.4, -0.2) is 32.1 Å². The molecule has 1 heterocycles. The lowest BCUT2D eigenvalue weighted by molar-refractivity contribution is 0.0692. The fourth-order valence-electron chi connectivity index (χ4n) is 2.25. The molecule has 0 bridgehead atoms. The number of benzene rings is 1. The third-order valence-electron chi connectivity index (χ3n) is 3.33. The molecule has 100 valence electrons. The van der Waals surface area contributed by atoms with Crippen molar-refractivity contribution in [3.8, 4) is 0 Å². The lowest BCUT2D eigenvalue weighted by Crippen LogP contribution is -2.18. The fourth-order valence-corrected chi connectivity index (χ4v) is 3.92. The van der Waals surface area contributed by atoms with Crippen LogP contribution in [0.1, 0.15) is 28.8 Å². The summed E-state index contributed by atoms with van der Waals surface area (Å²) in [4.78, 5) is 11.1. The van der Waals surface area contributed by atoms with E-state index < -0.39 is 15.8 Å². The van der Waals surface area contributed by atoms with Gasteiger partial charge in [-0.25, -0.2) is 13.2 Å². The van der Waals surface area contributed by atoms with E-state index in [-0.39, 0.29) is 10.5 Å². The van der Waals surface area contributed by atoms with Gasteiger partial charge in [-0.05, 0) is 30.0 Å². The van der Waals surface area contributed by atoms with E-state index in [0.29, 0.717) is 23.7 Å². The molecule has 0 saturated heterocycles. The van der Waals surface area contributed by atoms with Crippen molar-refractivity contribution in [1.82, 2.24) is 5.32 Å². The summed E-state index contributed by atoms with van der Waals surface area (Å²) in [5, 5.41) is 13.5. The molecule has 0 radical (unpaired) electrons. The molecule has 1 aliphatic carbocycles. The van der Waals surface area contributed by atoms with Crippen LogP contribution in [0.4, 0.5) is 0 Å². The summed E-state index contributed by atoms with van der Waals surface area (Å²) in [5.41, 5.74) is 0.994. The number of hydrogen-bond donors (Lipinski definition) is 2. The molecule has 1 aromatic carbocycles. The van der Waals surface area contributed by atoms with Crippen molar-refractivity contribution in [1.29, 1.82) is 0 Å². The predicted octanol–water partition coefficient (Wildman–Crippen LogP) is 1.26. The van der Waals surface area contributed by atoms with Crippen LogP contribution in [0.3, 0.4) is 0 Å². The number of aromatic carboxylic acids is 1. The minimum atomic E-state index is -3.64. The maximum absolute atomic E-state index is 12.1. The van der Waals surface area contributed by atoms with Gasteiger partial charge in [0, 0.05) is 18.0 Å². The standard InChI is InChI=1S/C13H13NO4S/c15-13(16)11-3-1-2-10-8(6-14-9-4-5-9)7-19(17,18)12(10)11/h1-3,7,9,14H,4-6H2,(H,15,16). The van der Waals surface area contributed by atoms with Crippen molar-refractivity contribution >= 4 is 21.4 Å². The Labute approximate surface area is 110 Å². The zero-order valence-corrected chi connectivity index (χ0v) is 10.9. The molecule has 6 heteroatoms. The molecule has 19 heavy (non-hydrogen) atoms. The number of sulfone groups is 1. The van der Waals surface area contributed by atoms with E-state index in [1.165, 1.54) is 11.5 Å². The van der Waals surface area contributed by atoms with E-state index >= 15 is 0 Å². The summed E-state index contributed by atoms with van der Waals surface area (Å²) in [7, 11) is -3.64. The van der Waals surface area contributed by atoms with E-state index in [9.17, 15) is 13.2 Å². The molecule has 2 aliphatic rings. The van der Waals surface area contributed by atoms with Crippen LogP contribution in [0, 0.1) is 0 Å². The molecule has 0 unspecified atom stereocenters. The van der Waals surface area contributed by atoms with Crippen LogP contribution in [0.25, 0.3) is 5.57 Å². The molecule has 2 N–H and O–H groups in total. The van der Waals surface area contributed by atoms with Crippen LogP contribution in [-0.2, 0) is 9.84 Å². The first-order chi connectivity index (χ1) is 8.99. The van der Waals surface area contributed by atoms with Gasteiger partial charge in [0.1, 0.15) is 0 Å². The summed E-state index contributed by atoms with van der Waals surface area (Å²) >= 11 is 0.